The molecular weight excluding hydrogens is 433 g/mol. The molecule has 0 amide bonds. The molecule has 0 unspecified atom stereocenters. The van der Waals surface area contributed by atoms with E-state index in [-0.39, 0.29) is 42.7 Å². The van der Waals surface area contributed by atoms with Crippen molar-refractivity contribution in [1.82, 2.24) is 0 Å². The van der Waals surface area contributed by atoms with E-state index in [0.29, 0.717) is 5.56 Å². The topological polar surface area (TPSA) is 80.3 Å². The molecule has 0 N–H and O–H groups in total. The summed E-state index contributed by atoms with van der Waals surface area (Å²) < 4.78 is 64.1. The fourth-order valence-corrected chi connectivity index (χ4v) is 2.67. The number of methoxy groups -OCH3 is 2. The molecule has 0 radical (unpaired) electrons. The summed E-state index contributed by atoms with van der Waals surface area (Å²) in [6.07, 6.45) is -6.13. The van der Waals surface area contributed by atoms with Crippen LogP contribution in [0.3, 0.4) is 0 Å². The van der Waals surface area contributed by atoms with E-state index >= 15 is 0 Å². The van der Waals surface area contributed by atoms with Crippen LogP contribution in [-0.4, -0.2) is 45.5 Å². The summed E-state index contributed by atoms with van der Waals surface area (Å²) in [5.41, 5.74) is -0.251. The molecule has 0 heterocycles. The minimum absolute atomic E-state index is 0.0443. The maximum Gasteiger partial charge on any atom is 0.508 e. The van der Waals surface area contributed by atoms with Crippen molar-refractivity contribution in [3.05, 3.63) is 59.2 Å². The fourth-order valence-electron chi connectivity index (χ4n) is 2.67. The van der Waals surface area contributed by atoms with Crippen molar-refractivity contribution in [2.45, 2.75) is 25.8 Å². The number of halogens is 3. The molecule has 0 aromatic heterocycles. The van der Waals surface area contributed by atoms with E-state index < -0.39 is 24.0 Å². The summed E-state index contributed by atoms with van der Waals surface area (Å²) in [6, 6.07) is 9.22. The lowest BCUT2D eigenvalue weighted by atomic mass is 10.1. The Bertz CT molecular complexity index is 928. The first-order valence-corrected chi connectivity index (χ1v) is 9.44. The average Bonchev–Trinajstić information content (AvgIpc) is 2.75. The summed E-state index contributed by atoms with van der Waals surface area (Å²) in [5.74, 6) is 0.180. The third kappa shape index (κ3) is 7.45. The van der Waals surface area contributed by atoms with Gasteiger partial charge < -0.3 is 23.7 Å². The zero-order chi connectivity index (χ0) is 23.7. The molecule has 0 bridgehead atoms. The third-order valence-corrected chi connectivity index (χ3v) is 4.20. The van der Waals surface area contributed by atoms with Crippen molar-refractivity contribution >= 4 is 11.9 Å². The molecule has 2 rings (SSSR count). The van der Waals surface area contributed by atoms with E-state index in [2.05, 4.69) is 4.74 Å². The van der Waals surface area contributed by atoms with Crippen LogP contribution < -0.4 is 9.47 Å². The highest BCUT2D eigenvalue weighted by Gasteiger charge is 2.30. The summed E-state index contributed by atoms with van der Waals surface area (Å²) in [5, 5.41) is 0. The Labute approximate surface area is 183 Å². The van der Waals surface area contributed by atoms with Gasteiger partial charge in [-0.05, 0) is 42.8 Å². The molecule has 10 heteroatoms. The van der Waals surface area contributed by atoms with Crippen LogP contribution in [0.5, 0.6) is 11.5 Å². The van der Waals surface area contributed by atoms with Gasteiger partial charge in [0.25, 0.3) is 0 Å². The van der Waals surface area contributed by atoms with E-state index in [1.807, 2.05) is 0 Å². The van der Waals surface area contributed by atoms with Gasteiger partial charge in [0.2, 0.25) is 0 Å². The highest BCUT2D eigenvalue weighted by molar-refractivity contribution is 5.97. The van der Waals surface area contributed by atoms with E-state index in [0.717, 1.165) is 12.1 Å². The first-order valence-electron chi connectivity index (χ1n) is 9.44. The lowest BCUT2D eigenvalue weighted by Gasteiger charge is -2.18. The Balaban J connectivity index is 2.09. The van der Waals surface area contributed by atoms with Gasteiger partial charge in [0.1, 0.15) is 24.7 Å². The Morgan fingerprint density at radius 2 is 1.75 bits per heavy atom. The molecule has 0 saturated heterocycles. The first kappa shape index (κ1) is 25.0. The van der Waals surface area contributed by atoms with Gasteiger partial charge in [-0.25, -0.2) is 4.79 Å². The number of hydrogen-bond acceptors (Lipinski definition) is 7. The van der Waals surface area contributed by atoms with Crippen molar-refractivity contribution in [3.63, 3.8) is 0 Å². The van der Waals surface area contributed by atoms with Gasteiger partial charge in [-0.2, -0.15) is 13.2 Å². The number of Topliss-reactive ketones (excluding diaryl/α,β-unsaturated/α-hetero) is 1. The van der Waals surface area contributed by atoms with Crippen LogP contribution in [0.15, 0.2) is 42.5 Å². The van der Waals surface area contributed by atoms with Gasteiger partial charge in [0, 0.05) is 7.11 Å². The molecular formula is C22H23F3O7. The average molecular weight is 456 g/mol. The van der Waals surface area contributed by atoms with Crippen molar-refractivity contribution in [3.8, 4) is 11.5 Å². The molecule has 1 atom stereocenters. The largest absolute Gasteiger partial charge is 0.508 e. The first-order chi connectivity index (χ1) is 15.1. The summed E-state index contributed by atoms with van der Waals surface area (Å²) >= 11 is 0. The van der Waals surface area contributed by atoms with Gasteiger partial charge in [-0.1, -0.05) is 12.1 Å². The van der Waals surface area contributed by atoms with Crippen LogP contribution in [0.2, 0.25) is 0 Å². The third-order valence-electron chi connectivity index (χ3n) is 4.20. The van der Waals surface area contributed by atoms with Crippen LogP contribution in [0.1, 0.15) is 28.4 Å². The van der Waals surface area contributed by atoms with Crippen LogP contribution in [0, 0.1) is 0 Å². The zero-order valence-electron chi connectivity index (χ0n) is 17.7. The van der Waals surface area contributed by atoms with Crippen LogP contribution >= 0.6 is 0 Å². The Morgan fingerprint density at radius 1 is 1.00 bits per heavy atom. The van der Waals surface area contributed by atoms with Crippen LogP contribution in [-0.2, 0) is 27.0 Å². The number of alkyl halides is 3. The highest BCUT2D eigenvalue weighted by Crippen LogP contribution is 2.30. The molecule has 0 aliphatic heterocycles. The van der Waals surface area contributed by atoms with Crippen molar-refractivity contribution < 1.29 is 46.4 Å². The molecule has 32 heavy (non-hydrogen) atoms. The molecule has 2 aromatic rings. The minimum Gasteiger partial charge on any atom is -0.489 e. The molecule has 174 valence electrons. The van der Waals surface area contributed by atoms with Gasteiger partial charge in [0.15, 0.2) is 11.9 Å². The van der Waals surface area contributed by atoms with Crippen molar-refractivity contribution in [1.29, 1.82) is 0 Å². The molecule has 0 fully saturated rings. The number of carbonyl (C=O) groups is 2. The number of hydrogen-bond donors (Lipinski definition) is 0. The van der Waals surface area contributed by atoms with E-state index in [1.54, 1.807) is 0 Å². The van der Waals surface area contributed by atoms with E-state index in [1.165, 1.54) is 51.5 Å². The summed E-state index contributed by atoms with van der Waals surface area (Å²) in [4.78, 5) is 23.4. The molecule has 0 aliphatic rings. The maximum atomic E-state index is 12.9. The SMILES string of the molecule is COC[C@@H](COc1ccc(OCc2cccc(C(F)(F)F)c2)cc1C(C)=O)OC(=O)OC. The normalized spacial score (nSPS) is 12.1. The van der Waals surface area contributed by atoms with Crippen molar-refractivity contribution in [2.24, 2.45) is 0 Å². The second kappa shape index (κ2) is 11.4. The molecule has 0 aliphatic carbocycles. The quantitative estimate of drug-likeness (QED) is 0.380. The van der Waals surface area contributed by atoms with Gasteiger partial charge in [0.05, 0.1) is 24.8 Å². The van der Waals surface area contributed by atoms with Gasteiger partial charge in [-0.15, -0.1) is 0 Å². The minimum atomic E-state index is -4.45. The number of ketones is 1. The van der Waals surface area contributed by atoms with E-state index in [4.69, 9.17) is 18.9 Å². The predicted octanol–water partition coefficient (Wildman–Crippen LogP) is 4.66. The van der Waals surface area contributed by atoms with Gasteiger partial charge >= 0.3 is 12.3 Å². The second-order valence-electron chi connectivity index (χ2n) is 6.66. The lowest BCUT2D eigenvalue weighted by Crippen LogP contribution is -2.29. The summed E-state index contributed by atoms with van der Waals surface area (Å²) in [7, 11) is 2.59. The van der Waals surface area contributed by atoms with Crippen LogP contribution in [0.25, 0.3) is 0 Å². The van der Waals surface area contributed by atoms with E-state index in [9.17, 15) is 22.8 Å². The fraction of sp³-hybridized carbons (Fsp3) is 0.364. The standard InChI is InChI=1S/C22H23F3O7/c1-14(26)19-10-17(30-11-15-5-4-6-16(9-15)22(23,24)25)7-8-20(19)31-13-18(12-28-2)32-21(27)29-3/h4-10,18H,11-13H2,1-3H3/t18-/m0/s1. The smallest absolute Gasteiger partial charge is 0.489 e. The maximum absolute atomic E-state index is 12.9. The Hall–Kier alpha value is -3.27. The lowest BCUT2D eigenvalue weighted by molar-refractivity contribution is -0.137. The van der Waals surface area contributed by atoms with Crippen LogP contribution in [0.4, 0.5) is 18.0 Å². The Morgan fingerprint density at radius 3 is 2.38 bits per heavy atom. The second-order valence-corrected chi connectivity index (χ2v) is 6.66. The van der Waals surface area contributed by atoms with Gasteiger partial charge in [-0.3, -0.25) is 4.79 Å². The number of carbonyl (C=O) groups excluding carboxylic acids is 2. The number of ether oxygens (including phenoxy) is 5. The molecule has 2 aromatic carbocycles. The molecule has 0 saturated carbocycles. The summed E-state index contributed by atoms with van der Waals surface area (Å²) in [6.45, 7) is 1.15. The molecule has 7 nitrogen and oxygen atoms in total. The Kier molecular flexibility index (Phi) is 8.89. The highest BCUT2D eigenvalue weighted by atomic mass is 19.4. The zero-order valence-corrected chi connectivity index (χ0v) is 17.7. The number of rotatable bonds is 10. The predicted molar refractivity (Wildman–Crippen MR) is 107 cm³/mol. The van der Waals surface area contributed by atoms with Crippen molar-refractivity contribution in [2.75, 3.05) is 27.4 Å². The number of benzene rings is 2. The monoisotopic (exact) mass is 456 g/mol. The molecule has 0 spiro atoms.